The number of aromatic nitrogens is 2. The molecule has 0 radical (unpaired) electrons. The summed E-state index contributed by atoms with van der Waals surface area (Å²) >= 11 is 0. The number of aryl methyl sites for hydroxylation is 2. The van der Waals surface area contributed by atoms with E-state index in [-0.39, 0.29) is 63.2 Å². The number of hydrogen-bond acceptors (Lipinski definition) is 13. The summed E-state index contributed by atoms with van der Waals surface area (Å²) in [5.41, 5.74) is 23.0. The highest BCUT2D eigenvalue weighted by Crippen LogP contribution is 2.51. The Morgan fingerprint density at radius 2 is 1.52 bits per heavy atom. The minimum absolute atomic E-state index is 0.00336. The summed E-state index contributed by atoms with van der Waals surface area (Å²) in [7, 11) is 1.42. The van der Waals surface area contributed by atoms with Gasteiger partial charge < -0.3 is 52.8 Å². The monoisotopic (exact) mass is 915 g/mol. The van der Waals surface area contributed by atoms with Crippen molar-refractivity contribution < 1.29 is 33.4 Å². The maximum atomic E-state index is 14.7. The van der Waals surface area contributed by atoms with Crippen LogP contribution in [-0.4, -0.2) is 109 Å². The van der Waals surface area contributed by atoms with E-state index in [4.69, 9.17) is 36.6 Å². The number of nitriles is 1. The molecule has 4 bridgehead atoms. The molecule has 0 spiro atoms. The quantitative estimate of drug-likeness (QED) is 0.0751. The van der Waals surface area contributed by atoms with Gasteiger partial charge in [0, 0.05) is 43.2 Å². The molecule has 5 amide bonds. The van der Waals surface area contributed by atoms with Crippen molar-refractivity contribution in [3.05, 3.63) is 94.3 Å². The van der Waals surface area contributed by atoms with Gasteiger partial charge in [-0.25, -0.2) is 9.97 Å². The van der Waals surface area contributed by atoms with Gasteiger partial charge in [0.1, 0.15) is 55.4 Å². The van der Waals surface area contributed by atoms with Gasteiger partial charge in [-0.05, 0) is 99.4 Å². The summed E-state index contributed by atoms with van der Waals surface area (Å²) in [4.78, 5) is 81.2. The normalized spacial score (nSPS) is 17.9. The van der Waals surface area contributed by atoms with Gasteiger partial charge in [-0.1, -0.05) is 43.3 Å². The van der Waals surface area contributed by atoms with Gasteiger partial charge in [0.05, 0.1) is 23.0 Å². The van der Waals surface area contributed by atoms with Crippen LogP contribution in [0, 0.1) is 25.2 Å². The molecule has 1 aliphatic heterocycles. The van der Waals surface area contributed by atoms with E-state index in [9.17, 15) is 29.2 Å². The third-order valence-corrected chi connectivity index (χ3v) is 12.4. The highest BCUT2D eigenvalue weighted by molar-refractivity contribution is 6.00. The van der Waals surface area contributed by atoms with Gasteiger partial charge in [0.25, 0.3) is 5.91 Å². The fourth-order valence-corrected chi connectivity index (χ4v) is 8.50. The van der Waals surface area contributed by atoms with Gasteiger partial charge in [-0.15, -0.1) is 0 Å². The molecule has 3 aromatic carbocycles. The maximum Gasteiger partial charge on any atom is 0.255 e. The molecular formula is C49H61N11O7. The fraction of sp³-hybridized carbons (Fsp3) is 0.429. The number of ether oxygens (including phenoxy) is 2. The molecule has 10 N–H and O–H groups in total. The Hall–Kier alpha value is -6.94. The molecule has 4 unspecified atom stereocenters. The van der Waals surface area contributed by atoms with E-state index in [0.29, 0.717) is 51.0 Å². The second kappa shape index (κ2) is 22.0. The summed E-state index contributed by atoms with van der Waals surface area (Å²) in [6.07, 6.45) is 3.43. The number of nitrogens with one attached hydrogen (secondary N) is 4. The molecule has 2 aliphatic rings. The van der Waals surface area contributed by atoms with Crippen molar-refractivity contribution in [1.29, 1.82) is 5.26 Å². The first kappa shape index (κ1) is 49.5. The topological polar surface area (TPSA) is 283 Å². The van der Waals surface area contributed by atoms with Crippen molar-refractivity contribution in [2.24, 2.45) is 17.2 Å². The van der Waals surface area contributed by atoms with Gasteiger partial charge in [-0.2, -0.15) is 5.26 Å². The lowest BCUT2D eigenvalue weighted by Crippen LogP contribution is -2.56. The maximum absolute atomic E-state index is 14.7. The number of nitrogens with zero attached hydrogens (tertiary/aromatic N) is 4. The number of amides is 5. The van der Waals surface area contributed by atoms with Crippen LogP contribution in [0.15, 0.2) is 60.7 Å². The summed E-state index contributed by atoms with van der Waals surface area (Å²) in [5.74, 6) is -2.07. The lowest BCUT2D eigenvalue weighted by atomic mass is 9.92. The molecule has 4 aromatic rings. The van der Waals surface area contributed by atoms with Crippen LogP contribution in [0.3, 0.4) is 0 Å². The Morgan fingerprint density at radius 3 is 2.10 bits per heavy atom. The van der Waals surface area contributed by atoms with Gasteiger partial charge in [-0.3, -0.25) is 24.0 Å². The predicted molar refractivity (Wildman–Crippen MR) is 251 cm³/mol. The molecule has 1 saturated carbocycles. The van der Waals surface area contributed by atoms with E-state index in [2.05, 4.69) is 40.3 Å². The molecule has 354 valence electrons. The zero-order valence-corrected chi connectivity index (χ0v) is 38.7. The molecule has 1 fully saturated rings. The number of fused-ring (bicyclic) bond motifs is 5. The SMILES string of the molecule is CCC1(c2ccc(-c3nc(C)c(C(=O)NC(CCN)C(=O)N(C)C4C(=O)NC(C)C(=O)NC(C(=O)NCC#N)Cc5ccc(OCCN)c(c5)-c5cc4ccc5OCCN)c(C)n3)cc2)CC1. The Labute approximate surface area is 390 Å². The highest BCUT2D eigenvalue weighted by Gasteiger charge is 2.42. The standard InChI is InChI=1S/C49H61N11O7/c1-6-49(16-17-49)34-11-8-32(9-12-34)43-55-28(2)41(29(3)56-43)46(63)58-37(15-18-50)48(65)60(5)42-33-10-14-40(67-24-21-53)36(27-33)35-25-31(7-13-39(35)66-23-20-52)26-38(45(62)54-22-19-51)59-44(61)30(4)57-47(42)64/h7-14,25,27,30,37-38,42H,6,15-18,20-24,26,50,52-53H2,1-5H3,(H,54,62)(H,57,64)(H,58,63)(H,59,61). The summed E-state index contributed by atoms with van der Waals surface area (Å²) in [6, 6.07) is 15.3. The Balaban J connectivity index is 1.37. The van der Waals surface area contributed by atoms with E-state index in [1.165, 1.54) is 37.3 Å². The second-order valence-electron chi connectivity index (χ2n) is 17.0. The van der Waals surface area contributed by atoms with E-state index in [0.717, 1.165) is 12.0 Å². The summed E-state index contributed by atoms with van der Waals surface area (Å²) in [5, 5.41) is 20.0. The summed E-state index contributed by atoms with van der Waals surface area (Å²) in [6.45, 7) is 7.45. The van der Waals surface area contributed by atoms with E-state index in [1.54, 1.807) is 50.2 Å². The first-order valence-corrected chi connectivity index (χ1v) is 22.6. The Bertz CT molecular complexity index is 2500. The molecule has 6 rings (SSSR count). The molecule has 18 heteroatoms. The van der Waals surface area contributed by atoms with E-state index >= 15 is 0 Å². The average Bonchev–Trinajstić information content (AvgIpc) is 4.12. The largest absolute Gasteiger partial charge is 0.492 e. The van der Waals surface area contributed by atoms with Crippen LogP contribution < -0.4 is 47.9 Å². The number of benzene rings is 3. The van der Waals surface area contributed by atoms with Crippen molar-refractivity contribution in [2.75, 3.05) is 46.4 Å². The van der Waals surface area contributed by atoms with Gasteiger partial charge in [0.15, 0.2) is 5.82 Å². The zero-order valence-electron chi connectivity index (χ0n) is 38.7. The molecule has 0 saturated heterocycles. The van der Waals surface area contributed by atoms with Crippen LogP contribution in [0.1, 0.15) is 84.0 Å². The zero-order chi connectivity index (χ0) is 48.4. The van der Waals surface area contributed by atoms with Crippen LogP contribution in [0.4, 0.5) is 0 Å². The molecule has 18 nitrogen and oxygen atoms in total. The molecule has 4 atom stereocenters. The average molecular weight is 916 g/mol. The minimum Gasteiger partial charge on any atom is -0.492 e. The van der Waals surface area contributed by atoms with E-state index < -0.39 is 53.7 Å². The first-order valence-electron chi connectivity index (χ1n) is 22.6. The molecule has 67 heavy (non-hydrogen) atoms. The molecule has 1 aromatic heterocycles. The van der Waals surface area contributed by atoms with Crippen molar-refractivity contribution in [1.82, 2.24) is 36.1 Å². The van der Waals surface area contributed by atoms with Crippen LogP contribution in [0.2, 0.25) is 0 Å². The van der Waals surface area contributed by atoms with Crippen molar-refractivity contribution >= 4 is 29.5 Å². The van der Waals surface area contributed by atoms with Crippen LogP contribution in [0.5, 0.6) is 11.5 Å². The highest BCUT2D eigenvalue weighted by atomic mass is 16.5. The lowest BCUT2D eigenvalue weighted by Gasteiger charge is -2.32. The smallest absolute Gasteiger partial charge is 0.255 e. The van der Waals surface area contributed by atoms with Crippen molar-refractivity contribution in [3.63, 3.8) is 0 Å². The predicted octanol–water partition coefficient (Wildman–Crippen LogP) is 2.38. The fourth-order valence-electron chi connectivity index (χ4n) is 8.50. The number of hydrogen-bond donors (Lipinski definition) is 7. The lowest BCUT2D eigenvalue weighted by molar-refractivity contribution is -0.141. The first-order chi connectivity index (χ1) is 32.2. The molecular weight excluding hydrogens is 855 g/mol. The number of nitrogens with two attached hydrogens (primary N) is 3. The Kier molecular flexibility index (Phi) is 16.3. The molecule has 1 aliphatic carbocycles. The van der Waals surface area contributed by atoms with E-state index in [1.807, 2.05) is 18.2 Å². The number of carbonyl (C=O) groups excluding carboxylic acids is 5. The van der Waals surface area contributed by atoms with Gasteiger partial charge >= 0.3 is 0 Å². The third kappa shape index (κ3) is 11.4. The van der Waals surface area contributed by atoms with Crippen molar-refractivity contribution in [2.45, 2.75) is 89.4 Å². The summed E-state index contributed by atoms with van der Waals surface area (Å²) < 4.78 is 12.2. The third-order valence-electron chi connectivity index (χ3n) is 12.4. The number of likely N-dealkylation sites (N-methyl/N-ethyl adjacent to an activating group) is 1. The van der Waals surface area contributed by atoms with Gasteiger partial charge in [0.2, 0.25) is 23.6 Å². The number of carbonyl (C=O) groups is 5. The minimum atomic E-state index is -1.40. The second-order valence-corrected chi connectivity index (χ2v) is 17.0. The van der Waals surface area contributed by atoms with Crippen LogP contribution in [-0.2, 0) is 31.0 Å². The van der Waals surface area contributed by atoms with Crippen LogP contribution >= 0.6 is 0 Å². The number of rotatable bonds is 17. The Morgan fingerprint density at radius 1 is 0.896 bits per heavy atom. The van der Waals surface area contributed by atoms with Crippen molar-refractivity contribution in [3.8, 4) is 40.1 Å². The molecule has 2 heterocycles. The van der Waals surface area contributed by atoms with Crippen LogP contribution in [0.25, 0.3) is 22.5 Å².